The van der Waals surface area contributed by atoms with Gasteiger partial charge in [-0.1, -0.05) is 47.2 Å². The number of halogens is 4. The van der Waals surface area contributed by atoms with Gasteiger partial charge in [-0.25, -0.2) is 9.79 Å². The third kappa shape index (κ3) is 4.89. The predicted molar refractivity (Wildman–Crippen MR) is 125 cm³/mol. The number of hydrogen-bond donors (Lipinski definition) is 0. The standard InChI is InChI=1S/C24H18ClF3N2O4S/c1-3-34-22(32)18-19(14-6-8-15(25)9-7-14)30-21(31)17(12-13-4-10-16(33-2)11-5-13)35-23(30)29-20(18)24(26,27)28/h4-12,19H,3H2,1-2H3/t19-/m1/s1. The van der Waals surface area contributed by atoms with Crippen LogP contribution < -0.4 is 19.6 Å². The lowest BCUT2D eigenvalue weighted by atomic mass is 9.95. The minimum absolute atomic E-state index is 0.150. The van der Waals surface area contributed by atoms with Crippen LogP contribution in [0.25, 0.3) is 6.08 Å². The lowest BCUT2D eigenvalue weighted by molar-refractivity contribution is -0.140. The van der Waals surface area contributed by atoms with E-state index < -0.39 is 35.0 Å². The van der Waals surface area contributed by atoms with E-state index in [0.717, 1.165) is 15.9 Å². The molecule has 35 heavy (non-hydrogen) atoms. The maximum absolute atomic E-state index is 14.1. The summed E-state index contributed by atoms with van der Waals surface area (Å²) < 4.78 is 53.6. The zero-order chi connectivity index (χ0) is 25.3. The fraction of sp³-hybridized carbons (Fsp3) is 0.208. The number of nitrogens with zero attached hydrogens (tertiary/aromatic N) is 2. The summed E-state index contributed by atoms with van der Waals surface area (Å²) in [6.45, 7) is 1.33. The molecule has 4 rings (SSSR count). The first-order chi connectivity index (χ1) is 16.6. The smallest absolute Gasteiger partial charge is 0.434 e. The van der Waals surface area contributed by atoms with Crippen LogP contribution in [0, 0.1) is 0 Å². The molecular formula is C24H18ClF3N2O4S. The number of thiazole rings is 1. The third-order valence-corrected chi connectivity index (χ3v) is 6.43. The summed E-state index contributed by atoms with van der Waals surface area (Å²) in [5, 5.41) is 0.346. The first-order valence-electron chi connectivity index (χ1n) is 10.3. The van der Waals surface area contributed by atoms with E-state index >= 15 is 0 Å². The van der Waals surface area contributed by atoms with Crippen LogP contribution >= 0.6 is 22.9 Å². The number of methoxy groups -OCH3 is 1. The molecular weight excluding hydrogens is 505 g/mol. The minimum atomic E-state index is -4.96. The van der Waals surface area contributed by atoms with Crippen molar-refractivity contribution in [2.24, 2.45) is 4.99 Å². The molecule has 0 saturated heterocycles. The van der Waals surface area contributed by atoms with E-state index in [1.54, 1.807) is 30.3 Å². The van der Waals surface area contributed by atoms with Crippen LogP contribution in [0.3, 0.4) is 0 Å². The number of fused-ring (bicyclic) bond motifs is 1. The number of alkyl halides is 3. The largest absolute Gasteiger partial charge is 0.497 e. The highest BCUT2D eigenvalue weighted by molar-refractivity contribution is 7.07. The molecule has 1 aliphatic heterocycles. The van der Waals surface area contributed by atoms with E-state index in [4.69, 9.17) is 21.1 Å². The average molecular weight is 523 g/mol. The van der Waals surface area contributed by atoms with Gasteiger partial charge >= 0.3 is 12.1 Å². The Balaban J connectivity index is 2.01. The SMILES string of the molecule is CCOC(=O)C1=C(C(F)(F)F)N=c2sc(=Cc3ccc(OC)cc3)c(=O)n2[C@@H]1c1ccc(Cl)cc1. The number of carbonyl (C=O) groups is 1. The van der Waals surface area contributed by atoms with Gasteiger partial charge in [0.05, 0.1) is 29.9 Å². The van der Waals surface area contributed by atoms with Crippen molar-refractivity contribution in [2.75, 3.05) is 13.7 Å². The summed E-state index contributed by atoms with van der Waals surface area (Å²) in [6.07, 6.45) is -3.42. The first kappa shape index (κ1) is 24.7. The van der Waals surface area contributed by atoms with E-state index in [0.29, 0.717) is 16.3 Å². The Morgan fingerprint density at radius 3 is 2.40 bits per heavy atom. The molecule has 6 nitrogen and oxygen atoms in total. The summed E-state index contributed by atoms with van der Waals surface area (Å²) in [5.41, 5.74) is -1.85. The van der Waals surface area contributed by atoms with Gasteiger partial charge in [0.25, 0.3) is 5.56 Å². The Bertz CT molecular complexity index is 1470. The highest BCUT2D eigenvalue weighted by Gasteiger charge is 2.45. The molecule has 2 heterocycles. The second kappa shape index (κ2) is 9.71. The Kier molecular flexibility index (Phi) is 6.86. The Morgan fingerprint density at radius 2 is 1.83 bits per heavy atom. The fourth-order valence-electron chi connectivity index (χ4n) is 3.65. The summed E-state index contributed by atoms with van der Waals surface area (Å²) in [6, 6.07) is 11.3. The summed E-state index contributed by atoms with van der Waals surface area (Å²) >= 11 is 6.77. The molecule has 11 heteroatoms. The van der Waals surface area contributed by atoms with Crippen molar-refractivity contribution in [1.29, 1.82) is 0 Å². The molecule has 1 atom stereocenters. The van der Waals surface area contributed by atoms with Crippen molar-refractivity contribution < 1.29 is 27.4 Å². The zero-order valence-electron chi connectivity index (χ0n) is 18.4. The number of allylic oxidation sites excluding steroid dienone is 1. The van der Waals surface area contributed by atoms with Gasteiger partial charge in [-0.05, 0) is 48.4 Å². The van der Waals surface area contributed by atoms with E-state index in [-0.39, 0.29) is 21.5 Å². The fourth-order valence-corrected chi connectivity index (χ4v) is 4.78. The van der Waals surface area contributed by atoms with Crippen molar-refractivity contribution in [3.05, 3.63) is 95.6 Å². The lowest BCUT2D eigenvalue weighted by Gasteiger charge is -2.26. The molecule has 0 aliphatic carbocycles. The Morgan fingerprint density at radius 1 is 1.17 bits per heavy atom. The number of esters is 1. The quantitative estimate of drug-likeness (QED) is 0.475. The van der Waals surface area contributed by atoms with Crippen molar-refractivity contribution in [1.82, 2.24) is 4.57 Å². The van der Waals surface area contributed by atoms with Crippen molar-refractivity contribution in [3.8, 4) is 5.75 Å². The number of benzene rings is 2. The third-order valence-electron chi connectivity index (χ3n) is 5.19. The zero-order valence-corrected chi connectivity index (χ0v) is 20.0. The summed E-state index contributed by atoms with van der Waals surface area (Å²) in [5.74, 6) is -0.590. The van der Waals surface area contributed by atoms with Crippen LogP contribution in [-0.4, -0.2) is 30.4 Å². The van der Waals surface area contributed by atoms with Crippen LogP contribution in [0.15, 0.2) is 69.6 Å². The molecule has 1 aromatic heterocycles. The number of aromatic nitrogens is 1. The first-order valence-corrected chi connectivity index (χ1v) is 11.5. The molecule has 2 aromatic carbocycles. The van der Waals surface area contributed by atoms with Crippen LogP contribution in [0.5, 0.6) is 5.75 Å². The van der Waals surface area contributed by atoms with Crippen LogP contribution in [0.2, 0.25) is 5.02 Å². The van der Waals surface area contributed by atoms with Crippen LogP contribution in [0.1, 0.15) is 24.1 Å². The van der Waals surface area contributed by atoms with Gasteiger partial charge in [-0.3, -0.25) is 9.36 Å². The molecule has 0 N–H and O–H groups in total. The van der Waals surface area contributed by atoms with Gasteiger partial charge in [-0.15, -0.1) is 0 Å². The molecule has 0 saturated carbocycles. The van der Waals surface area contributed by atoms with Crippen molar-refractivity contribution in [3.63, 3.8) is 0 Å². The molecule has 182 valence electrons. The van der Waals surface area contributed by atoms with Gasteiger partial charge < -0.3 is 9.47 Å². The van der Waals surface area contributed by atoms with Crippen LogP contribution in [0.4, 0.5) is 13.2 Å². The van der Waals surface area contributed by atoms with E-state index in [9.17, 15) is 22.8 Å². The molecule has 0 radical (unpaired) electrons. The van der Waals surface area contributed by atoms with E-state index in [2.05, 4.69) is 4.99 Å². The van der Waals surface area contributed by atoms with Gasteiger partial charge in [0.15, 0.2) is 10.5 Å². The molecule has 0 amide bonds. The Hall–Kier alpha value is -3.37. The highest BCUT2D eigenvalue weighted by atomic mass is 35.5. The summed E-state index contributed by atoms with van der Waals surface area (Å²) in [7, 11) is 1.52. The molecule has 0 bridgehead atoms. The molecule has 0 unspecified atom stereocenters. The predicted octanol–water partition coefficient (Wildman–Crippen LogP) is 4.00. The molecule has 0 fully saturated rings. The van der Waals surface area contributed by atoms with Gasteiger partial charge in [0, 0.05) is 5.02 Å². The monoisotopic (exact) mass is 522 g/mol. The van der Waals surface area contributed by atoms with Gasteiger partial charge in [0.2, 0.25) is 0 Å². The maximum Gasteiger partial charge on any atom is 0.434 e. The maximum atomic E-state index is 14.1. The van der Waals surface area contributed by atoms with Crippen LogP contribution in [-0.2, 0) is 9.53 Å². The topological polar surface area (TPSA) is 69.9 Å². The lowest BCUT2D eigenvalue weighted by Crippen LogP contribution is -2.41. The van der Waals surface area contributed by atoms with E-state index in [1.165, 1.54) is 38.3 Å². The highest BCUT2D eigenvalue weighted by Crippen LogP contribution is 2.38. The number of hydrogen-bond acceptors (Lipinski definition) is 6. The molecule has 3 aromatic rings. The Labute approximate surface area is 206 Å². The van der Waals surface area contributed by atoms with E-state index in [1.807, 2.05) is 0 Å². The molecule has 1 aliphatic rings. The average Bonchev–Trinajstić information content (AvgIpc) is 3.13. The number of rotatable bonds is 5. The van der Waals surface area contributed by atoms with Gasteiger partial charge in [-0.2, -0.15) is 13.2 Å². The van der Waals surface area contributed by atoms with Gasteiger partial charge in [0.1, 0.15) is 5.75 Å². The van der Waals surface area contributed by atoms with Crippen molar-refractivity contribution in [2.45, 2.75) is 19.1 Å². The number of ether oxygens (including phenoxy) is 2. The second-order valence-corrected chi connectivity index (χ2v) is 8.83. The number of carbonyl (C=O) groups excluding carboxylic acids is 1. The minimum Gasteiger partial charge on any atom is -0.497 e. The normalized spacial score (nSPS) is 16.1. The van der Waals surface area contributed by atoms with Crippen molar-refractivity contribution >= 4 is 35.0 Å². The second-order valence-electron chi connectivity index (χ2n) is 7.39. The molecule has 0 spiro atoms. The summed E-state index contributed by atoms with van der Waals surface area (Å²) in [4.78, 5) is 29.8.